The fraction of sp³-hybridized carbons (Fsp3) is 0.357. The van der Waals surface area contributed by atoms with E-state index in [9.17, 15) is 9.18 Å². The lowest BCUT2D eigenvalue weighted by Gasteiger charge is -2.21. The molecule has 18 heavy (non-hydrogen) atoms. The molecule has 1 aromatic carbocycles. The lowest BCUT2D eigenvalue weighted by atomic mass is 10.3. The van der Waals surface area contributed by atoms with Gasteiger partial charge in [0.1, 0.15) is 0 Å². The zero-order valence-electron chi connectivity index (χ0n) is 10.8. The van der Waals surface area contributed by atoms with Crippen molar-refractivity contribution in [3.8, 4) is 5.75 Å². The van der Waals surface area contributed by atoms with E-state index >= 15 is 0 Å². The highest BCUT2D eigenvalue weighted by molar-refractivity contribution is 5.78. The quantitative estimate of drug-likeness (QED) is 0.727. The number of halogens is 1. The number of amides is 1. The van der Waals surface area contributed by atoms with Crippen molar-refractivity contribution >= 4 is 5.91 Å². The van der Waals surface area contributed by atoms with Gasteiger partial charge >= 0.3 is 0 Å². The van der Waals surface area contributed by atoms with Crippen molar-refractivity contribution < 1.29 is 13.9 Å². The van der Waals surface area contributed by atoms with Gasteiger partial charge in [-0.05, 0) is 26.0 Å². The topological polar surface area (TPSA) is 29.5 Å². The molecule has 0 aliphatic heterocycles. The van der Waals surface area contributed by atoms with Crippen molar-refractivity contribution in [2.75, 3.05) is 19.7 Å². The van der Waals surface area contributed by atoms with Gasteiger partial charge in [0.25, 0.3) is 5.91 Å². The monoisotopic (exact) mass is 251 g/mol. The van der Waals surface area contributed by atoms with E-state index in [4.69, 9.17) is 4.74 Å². The molecule has 0 aliphatic carbocycles. The van der Waals surface area contributed by atoms with Crippen LogP contribution in [0.25, 0.3) is 0 Å². The number of para-hydroxylation sites is 1. The molecule has 0 heterocycles. The molecule has 1 amide bonds. The van der Waals surface area contributed by atoms with Crippen LogP contribution >= 0.6 is 0 Å². The Kier molecular flexibility index (Phi) is 5.36. The molecule has 4 heteroatoms. The van der Waals surface area contributed by atoms with Crippen molar-refractivity contribution in [2.24, 2.45) is 0 Å². The zero-order chi connectivity index (χ0) is 13.5. The Morgan fingerprint density at radius 1 is 1.44 bits per heavy atom. The molecule has 3 nitrogen and oxygen atoms in total. The average molecular weight is 251 g/mol. The van der Waals surface area contributed by atoms with Crippen molar-refractivity contribution in [1.82, 2.24) is 4.90 Å². The van der Waals surface area contributed by atoms with E-state index in [2.05, 4.69) is 6.58 Å². The zero-order valence-corrected chi connectivity index (χ0v) is 10.8. The van der Waals surface area contributed by atoms with Crippen LogP contribution in [-0.4, -0.2) is 30.5 Å². The number of likely N-dealkylation sites (N-methyl/N-ethyl adjacent to an activating group) is 1. The van der Waals surface area contributed by atoms with Crippen LogP contribution in [0.3, 0.4) is 0 Å². The van der Waals surface area contributed by atoms with Crippen LogP contribution in [0.2, 0.25) is 0 Å². The Morgan fingerprint density at radius 2 is 2.11 bits per heavy atom. The molecule has 0 radical (unpaired) electrons. The second-order valence-corrected chi connectivity index (χ2v) is 4.08. The van der Waals surface area contributed by atoms with Gasteiger partial charge in [-0.15, -0.1) is 0 Å². The van der Waals surface area contributed by atoms with Gasteiger partial charge in [0.05, 0.1) is 0 Å². The van der Waals surface area contributed by atoms with E-state index in [0.29, 0.717) is 13.1 Å². The highest BCUT2D eigenvalue weighted by Gasteiger charge is 2.13. The molecular weight excluding hydrogens is 233 g/mol. The van der Waals surface area contributed by atoms with Crippen LogP contribution in [0, 0.1) is 5.82 Å². The molecule has 0 unspecified atom stereocenters. The average Bonchev–Trinajstić information content (AvgIpc) is 2.34. The number of nitrogens with zero attached hydrogens (tertiary/aromatic N) is 1. The molecule has 98 valence electrons. The van der Waals surface area contributed by atoms with Gasteiger partial charge in [0, 0.05) is 13.1 Å². The number of carbonyl (C=O) groups is 1. The Morgan fingerprint density at radius 3 is 2.67 bits per heavy atom. The van der Waals surface area contributed by atoms with E-state index in [1.165, 1.54) is 12.1 Å². The molecule has 0 fully saturated rings. The first kappa shape index (κ1) is 14.2. The number of hydrogen-bond donors (Lipinski definition) is 0. The van der Waals surface area contributed by atoms with E-state index < -0.39 is 5.82 Å². The lowest BCUT2D eigenvalue weighted by Crippen LogP contribution is -2.35. The van der Waals surface area contributed by atoms with Gasteiger partial charge in [-0.2, -0.15) is 0 Å². The third-order valence-corrected chi connectivity index (χ3v) is 2.38. The molecule has 1 aromatic rings. The summed E-state index contributed by atoms with van der Waals surface area (Å²) in [5, 5.41) is 0. The summed E-state index contributed by atoms with van der Waals surface area (Å²) < 4.78 is 18.4. The van der Waals surface area contributed by atoms with E-state index in [1.807, 2.05) is 13.8 Å². The third-order valence-electron chi connectivity index (χ3n) is 2.38. The Balaban J connectivity index is 2.54. The van der Waals surface area contributed by atoms with E-state index in [-0.39, 0.29) is 18.3 Å². The maximum Gasteiger partial charge on any atom is 0.260 e. The molecule has 0 aliphatic rings. The van der Waals surface area contributed by atoms with Crippen LogP contribution in [0.15, 0.2) is 36.4 Å². The van der Waals surface area contributed by atoms with Crippen LogP contribution in [0.4, 0.5) is 4.39 Å². The first-order chi connectivity index (χ1) is 8.54. The van der Waals surface area contributed by atoms with Gasteiger partial charge in [-0.1, -0.05) is 24.3 Å². The number of ether oxygens (including phenoxy) is 1. The van der Waals surface area contributed by atoms with Gasteiger partial charge in [-0.25, -0.2) is 4.39 Å². The second-order valence-electron chi connectivity index (χ2n) is 4.08. The van der Waals surface area contributed by atoms with Crippen molar-refractivity contribution in [3.63, 3.8) is 0 Å². The third kappa shape index (κ3) is 4.20. The molecule has 0 spiro atoms. The van der Waals surface area contributed by atoms with Crippen molar-refractivity contribution in [3.05, 3.63) is 42.2 Å². The summed E-state index contributed by atoms with van der Waals surface area (Å²) in [6.07, 6.45) is 0. The summed E-state index contributed by atoms with van der Waals surface area (Å²) in [6, 6.07) is 6.03. The van der Waals surface area contributed by atoms with Gasteiger partial charge in [0.2, 0.25) is 0 Å². The van der Waals surface area contributed by atoms with Crippen LogP contribution in [-0.2, 0) is 4.79 Å². The second kappa shape index (κ2) is 6.79. The maximum atomic E-state index is 13.3. The standard InChI is InChI=1S/C14H18FNO2/c1-4-16(9-11(2)3)14(17)10-18-13-8-6-5-7-12(13)15/h5-8H,2,4,9-10H2,1,3H3. The Bertz CT molecular complexity index is 432. The highest BCUT2D eigenvalue weighted by Crippen LogP contribution is 2.15. The minimum absolute atomic E-state index is 0.0947. The molecule has 0 bridgehead atoms. The minimum atomic E-state index is -0.465. The van der Waals surface area contributed by atoms with Crippen molar-refractivity contribution in [2.45, 2.75) is 13.8 Å². The summed E-state index contributed by atoms with van der Waals surface area (Å²) in [6.45, 7) is 8.40. The lowest BCUT2D eigenvalue weighted by molar-refractivity contribution is -0.132. The first-order valence-electron chi connectivity index (χ1n) is 5.84. The molecule has 0 saturated heterocycles. The van der Waals surface area contributed by atoms with Crippen LogP contribution in [0.5, 0.6) is 5.75 Å². The fourth-order valence-corrected chi connectivity index (χ4v) is 1.49. The Labute approximate surface area is 107 Å². The fourth-order valence-electron chi connectivity index (χ4n) is 1.49. The maximum absolute atomic E-state index is 13.3. The predicted molar refractivity (Wildman–Crippen MR) is 69.0 cm³/mol. The number of rotatable bonds is 6. The van der Waals surface area contributed by atoms with Gasteiger partial charge in [-0.3, -0.25) is 4.79 Å². The summed E-state index contributed by atoms with van der Waals surface area (Å²) >= 11 is 0. The predicted octanol–water partition coefficient (Wildman–Crippen LogP) is 2.63. The molecular formula is C14H18FNO2. The molecule has 0 N–H and O–H groups in total. The number of benzene rings is 1. The molecule has 0 atom stereocenters. The molecule has 0 saturated carbocycles. The first-order valence-corrected chi connectivity index (χ1v) is 5.84. The minimum Gasteiger partial charge on any atom is -0.481 e. The summed E-state index contributed by atoms with van der Waals surface area (Å²) in [4.78, 5) is 13.4. The highest BCUT2D eigenvalue weighted by atomic mass is 19.1. The van der Waals surface area contributed by atoms with E-state index in [0.717, 1.165) is 5.57 Å². The molecule has 0 aromatic heterocycles. The number of carbonyl (C=O) groups excluding carboxylic acids is 1. The largest absolute Gasteiger partial charge is 0.481 e. The Hall–Kier alpha value is -1.84. The van der Waals surface area contributed by atoms with E-state index in [1.54, 1.807) is 17.0 Å². The summed E-state index contributed by atoms with van der Waals surface area (Å²) in [5.41, 5.74) is 0.899. The summed E-state index contributed by atoms with van der Waals surface area (Å²) in [5.74, 6) is -0.547. The van der Waals surface area contributed by atoms with Crippen LogP contribution in [0.1, 0.15) is 13.8 Å². The van der Waals surface area contributed by atoms with Crippen LogP contribution < -0.4 is 4.74 Å². The van der Waals surface area contributed by atoms with Gasteiger partial charge in [0.15, 0.2) is 18.2 Å². The smallest absolute Gasteiger partial charge is 0.260 e. The normalized spacial score (nSPS) is 9.94. The number of hydrogen-bond acceptors (Lipinski definition) is 2. The molecule has 1 rings (SSSR count). The SMILES string of the molecule is C=C(C)CN(CC)C(=O)COc1ccccc1F. The van der Waals surface area contributed by atoms with Gasteiger partial charge < -0.3 is 9.64 Å². The van der Waals surface area contributed by atoms with Crippen molar-refractivity contribution in [1.29, 1.82) is 0 Å². The summed E-state index contributed by atoms with van der Waals surface area (Å²) in [7, 11) is 0.